The standard InChI is InChI=1S/C21H28N6O2S/c1-4-26-12-15-11-16(30-20(15)24-21(26)29)13-25-7-9-27(10-8-25)18-6-5-17(19(28)22-3)23-14(18)2/h5-6,11H,4,7-10,12-13H2,1-3H3,(H,22,28)(H,24,29). The molecule has 2 aliphatic heterocycles. The SMILES string of the molecule is CCN1Cc2cc(CN3CCN(c4ccc(C(=O)NC)nc4C)CC3)sc2NC1=O. The van der Waals surface area contributed by atoms with Gasteiger partial charge < -0.3 is 15.1 Å². The van der Waals surface area contributed by atoms with Crippen molar-refractivity contribution in [2.45, 2.75) is 26.9 Å². The topological polar surface area (TPSA) is 80.8 Å². The van der Waals surface area contributed by atoms with Crippen LogP contribution in [0.1, 0.15) is 33.5 Å². The average molecular weight is 429 g/mol. The van der Waals surface area contributed by atoms with Gasteiger partial charge in [0.15, 0.2) is 0 Å². The van der Waals surface area contributed by atoms with Gasteiger partial charge in [0.05, 0.1) is 17.9 Å². The molecule has 160 valence electrons. The number of hydrogen-bond acceptors (Lipinski definition) is 6. The number of aromatic nitrogens is 1. The minimum absolute atomic E-state index is 0.00145. The Morgan fingerprint density at radius 2 is 2.03 bits per heavy atom. The van der Waals surface area contributed by atoms with Crippen molar-refractivity contribution in [3.05, 3.63) is 40.0 Å². The highest BCUT2D eigenvalue weighted by atomic mass is 32.1. The molecular weight excluding hydrogens is 400 g/mol. The first-order chi connectivity index (χ1) is 14.5. The van der Waals surface area contributed by atoms with Crippen molar-refractivity contribution in [2.75, 3.05) is 50.0 Å². The van der Waals surface area contributed by atoms with Gasteiger partial charge in [-0.15, -0.1) is 11.3 Å². The fraction of sp³-hybridized carbons (Fsp3) is 0.476. The molecule has 0 atom stereocenters. The second-order valence-corrected chi connectivity index (χ2v) is 8.79. The first-order valence-electron chi connectivity index (χ1n) is 10.3. The fourth-order valence-corrected chi connectivity index (χ4v) is 5.11. The number of amides is 3. The molecular formula is C21H28N6O2S. The van der Waals surface area contributed by atoms with Crippen LogP contribution >= 0.6 is 11.3 Å². The van der Waals surface area contributed by atoms with E-state index >= 15 is 0 Å². The average Bonchev–Trinajstić information content (AvgIpc) is 3.14. The molecule has 30 heavy (non-hydrogen) atoms. The number of aryl methyl sites for hydroxylation is 1. The van der Waals surface area contributed by atoms with E-state index in [4.69, 9.17) is 0 Å². The maximum atomic E-state index is 12.0. The maximum Gasteiger partial charge on any atom is 0.322 e. The summed E-state index contributed by atoms with van der Waals surface area (Å²) in [5.41, 5.74) is 3.64. The summed E-state index contributed by atoms with van der Waals surface area (Å²) in [6, 6.07) is 6.02. The van der Waals surface area contributed by atoms with Crippen molar-refractivity contribution in [3.63, 3.8) is 0 Å². The van der Waals surface area contributed by atoms with Crippen LogP contribution in [-0.2, 0) is 13.1 Å². The summed E-state index contributed by atoms with van der Waals surface area (Å²) in [6.07, 6.45) is 0. The van der Waals surface area contributed by atoms with Crippen molar-refractivity contribution in [2.24, 2.45) is 0 Å². The lowest BCUT2D eigenvalue weighted by molar-refractivity contribution is 0.0958. The van der Waals surface area contributed by atoms with Gasteiger partial charge in [-0.2, -0.15) is 0 Å². The molecule has 8 nitrogen and oxygen atoms in total. The van der Waals surface area contributed by atoms with Crippen LogP contribution in [0.2, 0.25) is 0 Å². The van der Waals surface area contributed by atoms with Crippen LogP contribution in [0.4, 0.5) is 15.5 Å². The number of carbonyl (C=O) groups is 2. The van der Waals surface area contributed by atoms with E-state index in [9.17, 15) is 9.59 Å². The van der Waals surface area contributed by atoms with E-state index in [0.29, 0.717) is 12.2 Å². The molecule has 0 bridgehead atoms. The maximum absolute atomic E-state index is 12.0. The number of carbonyl (C=O) groups excluding carboxylic acids is 2. The molecule has 0 unspecified atom stereocenters. The van der Waals surface area contributed by atoms with E-state index in [1.807, 2.05) is 24.8 Å². The lowest BCUT2D eigenvalue weighted by Crippen LogP contribution is -2.46. The monoisotopic (exact) mass is 428 g/mol. The molecule has 1 fully saturated rings. The van der Waals surface area contributed by atoms with Crippen molar-refractivity contribution >= 4 is 34.0 Å². The van der Waals surface area contributed by atoms with Gasteiger partial charge >= 0.3 is 6.03 Å². The molecule has 2 aliphatic rings. The van der Waals surface area contributed by atoms with E-state index in [0.717, 1.165) is 55.7 Å². The minimum Gasteiger partial charge on any atom is -0.368 e. The van der Waals surface area contributed by atoms with Crippen molar-refractivity contribution in [3.8, 4) is 0 Å². The molecule has 0 spiro atoms. The molecule has 4 rings (SSSR count). The molecule has 0 aromatic carbocycles. The van der Waals surface area contributed by atoms with Crippen LogP contribution in [0, 0.1) is 6.92 Å². The summed E-state index contributed by atoms with van der Waals surface area (Å²) in [5, 5.41) is 6.63. The quantitative estimate of drug-likeness (QED) is 0.765. The van der Waals surface area contributed by atoms with Crippen molar-refractivity contribution in [1.29, 1.82) is 0 Å². The predicted molar refractivity (Wildman–Crippen MR) is 119 cm³/mol. The summed E-state index contributed by atoms with van der Waals surface area (Å²) in [4.78, 5) is 36.2. The number of anilines is 2. The number of thiophene rings is 1. The molecule has 0 saturated carbocycles. The number of pyridine rings is 1. The summed E-state index contributed by atoms with van der Waals surface area (Å²) < 4.78 is 0. The Balaban J connectivity index is 1.36. The van der Waals surface area contributed by atoms with Gasteiger partial charge in [-0.25, -0.2) is 9.78 Å². The second-order valence-electron chi connectivity index (χ2n) is 7.65. The summed E-state index contributed by atoms with van der Waals surface area (Å²) in [6.45, 7) is 10.1. The Hall–Kier alpha value is -2.65. The molecule has 9 heteroatoms. The summed E-state index contributed by atoms with van der Waals surface area (Å²) in [5.74, 6) is -0.161. The van der Waals surface area contributed by atoms with E-state index in [-0.39, 0.29) is 11.9 Å². The van der Waals surface area contributed by atoms with Crippen LogP contribution in [0.5, 0.6) is 0 Å². The molecule has 4 heterocycles. The third kappa shape index (κ3) is 4.13. The minimum atomic E-state index is -0.161. The second kappa shape index (κ2) is 8.61. The Bertz CT molecular complexity index is 951. The smallest absolute Gasteiger partial charge is 0.322 e. The van der Waals surface area contributed by atoms with Crippen LogP contribution in [0.15, 0.2) is 18.2 Å². The van der Waals surface area contributed by atoms with Crippen LogP contribution in [0.3, 0.4) is 0 Å². The zero-order chi connectivity index (χ0) is 21.3. The lowest BCUT2D eigenvalue weighted by Gasteiger charge is -2.36. The molecule has 3 amide bonds. The van der Waals surface area contributed by atoms with Crippen molar-refractivity contribution < 1.29 is 9.59 Å². The number of piperazine rings is 1. The fourth-order valence-electron chi connectivity index (χ4n) is 4.01. The van der Waals surface area contributed by atoms with Gasteiger partial charge in [0.2, 0.25) is 0 Å². The third-order valence-corrected chi connectivity index (χ3v) is 6.80. The number of hydrogen-bond donors (Lipinski definition) is 2. The molecule has 0 aliphatic carbocycles. The third-order valence-electron chi connectivity index (χ3n) is 5.72. The summed E-state index contributed by atoms with van der Waals surface area (Å²) >= 11 is 1.69. The van der Waals surface area contributed by atoms with Gasteiger partial charge in [0, 0.05) is 56.8 Å². The Morgan fingerprint density at radius 3 is 2.70 bits per heavy atom. The van der Waals surface area contributed by atoms with Crippen LogP contribution < -0.4 is 15.5 Å². The highest BCUT2D eigenvalue weighted by Crippen LogP contribution is 2.33. The van der Waals surface area contributed by atoms with Gasteiger partial charge in [-0.05, 0) is 32.0 Å². The number of fused-ring (bicyclic) bond motifs is 1. The molecule has 1 saturated heterocycles. The molecule has 0 radical (unpaired) electrons. The zero-order valence-electron chi connectivity index (χ0n) is 17.7. The zero-order valence-corrected chi connectivity index (χ0v) is 18.5. The van der Waals surface area contributed by atoms with E-state index in [2.05, 4.69) is 31.5 Å². The Kier molecular flexibility index (Phi) is 5.92. The highest BCUT2D eigenvalue weighted by Gasteiger charge is 2.25. The van der Waals surface area contributed by atoms with Gasteiger partial charge in [-0.3, -0.25) is 15.0 Å². The van der Waals surface area contributed by atoms with Crippen molar-refractivity contribution in [1.82, 2.24) is 20.1 Å². The van der Waals surface area contributed by atoms with Gasteiger partial charge in [-0.1, -0.05) is 0 Å². The predicted octanol–water partition coefficient (Wildman–Crippen LogP) is 2.50. The number of rotatable bonds is 5. The van der Waals surface area contributed by atoms with Crippen LogP contribution in [0.25, 0.3) is 0 Å². The Morgan fingerprint density at radius 1 is 1.27 bits per heavy atom. The van der Waals surface area contributed by atoms with E-state index in [1.165, 1.54) is 10.4 Å². The summed E-state index contributed by atoms with van der Waals surface area (Å²) in [7, 11) is 1.62. The number of urea groups is 1. The van der Waals surface area contributed by atoms with E-state index < -0.39 is 0 Å². The Labute approximate surface area is 180 Å². The molecule has 2 aromatic rings. The number of nitrogens with zero attached hydrogens (tertiary/aromatic N) is 4. The molecule has 2 N–H and O–H groups in total. The number of nitrogens with one attached hydrogen (secondary N) is 2. The van der Waals surface area contributed by atoms with E-state index in [1.54, 1.807) is 24.5 Å². The molecule has 2 aromatic heterocycles. The van der Waals surface area contributed by atoms with Gasteiger partial charge in [0.25, 0.3) is 5.91 Å². The first-order valence-corrected chi connectivity index (χ1v) is 11.1. The largest absolute Gasteiger partial charge is 0.368 e. The van der Waals surface area contributed by atoms with Gasteiger partial charge in [0.1, 0.15) is 10.7 Å². The first kappa shape index (κ1) is 20.6. The lowest BCUT2D eigenvalue weighted by atomic mass is 10.2. The normalized spacial score (nSPS) is 17.0. The van der Waals surface area contributed by atoms with Crippen LogP contribution in [-0.4, -0.2) is 66.5 Å². The highest BCUT2D eigenvalue weighted by molar-refractivity contribution is 7.16.